The molecule has 0 bridgehead atoms. The minimum absolute atomic E-state index is 0.0980. The first-order chi connectivity index (χ1) is 21.9. The molecule has 3 aromatic rings. The maximum absolute atomic E-state index is 13.7. The molecule has 9 nitrogen and oxygen atoms in total. The molecule has 0 spiro atoms. The lowest BCUT2D eigenvalue weighted by molar-refractivity contribution is -0.140. The fourth-order valence-electron chi connectivity index (χ4n) is 6.28. The smallest absolute Gasteiger partial charge is 0.406 e. The van der Waals surface area contributed by atoms with Gasteiger partial charge in [0.1, 0.15) is 12.3 Å². The number of alkyl halides is 3. The number of anilines is 2. The number of fused-ring (bicyclic) bond motifs is 1. The zero-order valence-electron chi connectivity index (χ0n) is 26.5. The Kier molecular flexibility index (Phi) is 10.7. The summed E-state index contributed by atoms with van der Waals surface area (Å²) in [6.07, 6.45) is -0.171. The van der Waals surface area contributed by atoms with Gasteiger partial charge in [-0.05, 0) is 81.9 Å². The summed E-state index contributed by atoms with van der Waals surface area (Å²) in [5.74, 6) is 6.84. The zero-order valence-corrected chi connectivity index (χ0v) is 27.3. The molecule has 2 N–H and O–H groups in total. The topological polar surface area (TPSA) is 88.1 Å². The van der Waals surface area contributed by atoms with Crippen molar-refractivity contribution < 1.29 is 31.1 Å². The monoisotopic (exact) mass is 661 g/mol. The number of aromatic nitrogens is 1. The number of nitrogens with one attached hydrogen (secondary N) is 2. The van der Waals surface area contributed by atoms with E-state index in [1.165, 1.54) is 28.1 Å². The lowest BCUT2D eigenvalue weighted by atomic mass is 9.85. The van der Waals surface area contributed by atoms with Crippen LogP contribution in [0.2, 0.25) is 0 Å². The van der Waals surface area contributed by atoms with Crippen LogP contribution in [-0.2, 0) is 21.3 Å². The quantitative estimate of drug-likeness (QED) is 0.288. The molecule has 1 aromatic heterocycles. The van der Waals surface area contributed by atoms with E-state index in [9.17, 15) is 21.6 Å². The maximum Gasteiger partial charge on any atom is 0.406 e. The Balaban J connectivity index is 1.32. The van der Waals surface area contributed by atoms with Gasteiger partial charge in [0.05, 0.1) is 48.7 Å². The van der Waals surface area contributed by atoms with E-state index in [-0.39, 0.29) is 36.3 Å². The van der Waals surface area contributed by atoms with E-state index >= 15 is 0 Å². The largest absolute Gasteiger partial charge is 0.495 e. The molecule has 2 aromatic carbocycles. The molecular formula is C33H42F3N5O4S. The van der Waals surface area contributed by atoms with Gasteiger partial charge < -0.3 is 29.6 Å². The summed E-state index contributed by atoms with van der Waals surface area (Å²) < 4.78 is 80.5. The minimum Gasteiger partial charge on any atom is -0.495 e. The Morgan fingerprint density at radius 3 is 2.46 bits per heavy atom. The highest BCUT2D eigenvalue weighted by molar-refractivity contribution is 7.89. The number of hydrogen-bond donors (Lipinski definition) is 2. The van der Waals surface area contributed by atoms with Crippen molar-refractivity contribution in [1.82, 2.24) is 13.8 Å². The number of nitrogens with zero attached hydrogens (tertiary/aromatic N) is 3. The molecule has 5 rings (SSSR count). The van der Waals surface area contributed by atoms with Crippen LogP contribution in [-0.4, -0.2) is 95.0 Å². The lowest BCUT2D eigenvalue weighted by Gasteiger charge is -2.31. The lowest BCUT2D eigenvalue weighted by Crippen LogP contribution is -2.40. The van der Waals surface area contributed by atoms with Crippen molar-refractivity contribution in [3.05, 3.63) is 48.2 Å². The van der Waals surface area contributed by atoms with Crippen molar-refractivity contribution in [3.63, 3.8) is 0 Å². The zero-order chi connectivity index (χ0) is 32.9. The van der Waals surface area contributed by atoms with Crippen molar-refractivity contribution >= 4 is 32.3 Å². The number of benzene rings is 2. The first-order valence-electron chi connectivity index (χ1n) is 15.5. The Hall–Kier alpha value is -3.44. The van der Waals surface area contributed by atoms with E-state index in [1.54, 1.807) is 24.3 Å². The van der Waals surface area contributed by atoms with Crippen LogP contribution in [0.25, 0.3) is 10.9 Å². The molecule has 2 heterocycles. The third-order valence-corrected chi connectivity index (χ3v) is 10.4. The number of halogens is 3. The van der Waals surface area contributed by atoms with Crippen LogP contribution in [0.4, 0.5) is 24.5 Å². The number of rotatable bonds is 10. The van der Waals surface area contributed by atoms with E-state index < -0.39 is 22.7 Å². The molecule has 2 fully saturated rings. The molecule has 1 saturated heterocycles. The molecule has 0 atom stereocenters. The van der Waals surface area contributed by atoms with Gasteiger partial charge in [-0.2, -0.15) is 17.5 Å². The van der Waals surface area contributed by atoms with Gasteiger partial charge in [0.15, 0.2) is 0 Å². The average molecular weight is 662 g/mol. The molecule has 0 amide bonds. The molecule has 0 radical (unpaired) electrons. The van der Waals surface area contributed by atoms with Crippen LogP contribution < -0.4 is 15.4 Å². The number of sulfonamides is 1. The Bertz CT molecular complexity index is 1670. The fourth-order valence-corrected chi connectivity index (χ4v) is 7.70. The van der Waals surface area contributed by atoms with Gasteiger partial charge >= 0.3 is 6.18 Å². The normalized spacial score (nSPS) is 19.5. The van der Waals surface area contributed by atoms with Crippen LogP contribution >= 0.6 is 0 Å². The second kappa shape index (κ2) is 14.5. The summed E-state index contributed by atoms with van der Waals surface area (Å²) in [6, 6.07) is 11.9. The summed E-state index contributed by atoms with van der Waals surface area (Å²) in [5, 5.41) is 7.41. The highest BCUT2D eigenvalue weighted by Gasteiger charge is 2.30. The maximum atomic E-state index is 13.7. The minimum atomic E-state index is -4.43. The third kappa shape index (κ3) is 8.28. The van der Waals surface area contributed by atoms with Crippen molar-refractivity contribution in [2.45, 2.75) is 49.3 Å². The van der Waals surface area contributed by atoms with Gasteiger partial charge in [-0.1, -0.05) is 12.0 Å². The number of hydrogen-bond acceptors (Lipinski definition) is 7. The van der Waals surface area contributed by atoms with Gasteiger partial charge in [0, 0.05) is 42.8 Å². The molecule has 2 aliphatic rings. The number of methoxy groups -OCH3 is 1. The van der Waals surface area contributed by atoms with E-state index in [1.807, 2.05) is 6.07 Å². The second-order valence-electron chi connectivity index (χ2n) is 12.1. The first kappa shape index (κ1) is 33.9. The Morgan fingerprint density at radius 1 is 1.04 bits per heavy atom. The Morgan fingerprint density at radius 2 is 1.78 bits per heavy atom. The van der Waals surface area contributed by atoms with Gasteiger partial charge in [-0.15, -0.1) is 0 Å². The predicted octanol–water partition coefficient (Wildman–Crippen LogP) is 5.23. The van der Waals surface area contributed by atoms with Gasteiger partial charge in [0.25, 0.3) is 0 Å². The summed E-state index contributed by atoms with van der Waals surface area (Å²) in [4.78, 5) is 2.32. The molecular weight excluding hydrogens is 619 g/mol. The average Bonchev–Trinajstić information content (AvgIpc) is 3.36. The van der Waals surface area contributed by atoms with Crippen molar-refractivity contribution in [2.24, 2.45) is 5.92 Å². The van der Waals surface area contributed by atoms with E-state index in [4.69, 9.17) is 9.47 Å². The van der Waals surface area contributed by atoms with Crippen molar-refractivity contribution in [2.75, 3.05) is 71.2 Å². The third-order valence-electron chi connectivity index (χ3n) is 8.48. The van der Waals surface area contributed by atoms with Crippen LogP contribution in [0.15, 0.2) is 47.4 Å². The molecule has 1 aliphatic heterocycles. The number of morpholine rings is 1. The molecule has 0 unspecified atom stereocenters. The van der Waals surface area contributed by atoms with Crippen molar-refractivity contribution in [1.29, 1.82) is 0 Å². The van der Waals surface area contributed by atoms with Crippen LogP contribution in [0.1, 0.15) is 31.4 Å². The van der Waals surface area contributed by atoms with E-state index in [0.29, 0.717) is 41.5 Å². The standard InChI is InChI=1S/C33H42F3N5O4S/c1-39(2)22-24-9-11-25(12-10-24)38-29-7-4-8-31-28(29)20-26(41(31)23-33(34,35)36)6-5-15-37-30-14-13-27(21-32(30)44-3)46(42,43)40-16-18-45-19-17-40/h4,7-8,13-14,20-21,24-25,37-38H,9-12,15-19,22-23H2,1-3H3. The molecule has 46 heavy (non-hydrogen) atoms. The summed E-state index contributed by atoms with van der Waals surface area (Å²) in [5.41, 5.74) is 2.06. The second-order valence-corrected chi connectivity index (χ2v) is 14.1. The fraction of sp³-hybridized carbons (Fsp3) is 0.515. The van der Waals surface area contributed by atoms with Crippen LogP contribution in [0.5, 0.6) is 5.75 Å². The molecule has 1 saturated carbocycles. The Labute approximate surface area is 269 Å². The highest BCUT2D eigenvalue weighted by Crippen LogP contribution is 2.33. The van der Waals surface area contributed by atoms with Crippen molar-refractivity contribution in [3.8, 4) is 17.6 Å². The first-order valence-corrected chi connectivity index (χ1v) is 17.0. The SMILES string of the molecule is COc1cc(S(=O)(=O)N2CCOCC2)ccc1NCC#Cc1cc2c(NC3CCC(CN(C)C)CC3)cccc2n1CC(F)(F)F. The predicted molar refractivity (Wildman–Crippen MR) is 174 cm³/mol. The molecule has 1 aliphatic carbocycles. The van der Waals surface area contributed by atoms with Gasteiger partial charge in [-0.25, -0.2) is 8.42 Å². The summed E-state index contributed by atoms with van der Waals surface area (Å²) >= 11 is 0. The summed E-state index contributed by atoms with van der Waals surface area (Å²) in [6.45, 7) is 1.25. The van der Waals surface area contributed by atoms with Crippen LogP contribution in [0.3, 0.4) is 0 Å². The number of ether oxygens (including phenoxy) is 2. The van der Waals surface area contributed by atoms with E-state index in [0.717, 1.165) is 37.9 Å². The van der Waals surface area contributed by atoms with Gasteiger partial charge in [-0.3, -0.25) is 0 Å². The molecule has 13 heteroatoms. The summed E-state index contributed by atoms with van der Waals surface area (Å²) in [7, 11) is 1.90. The highest BCUT2D eigenvalue weighted by atomic mass is 32.2. The van der Waals surface area contributed by atoms with Gasteiger partial charge in [0.2, 0.25) is 10.0 Å². The molecule has 250 valence electrons. The van der Waals surface area contributed by atoms with Crippen LogP contribution in [0, 0.1) is 17.8 Å². The van der Waals surface area contributed by atoms with E-state index in [2.05, 4.69) is 41.5 Å².